The fraction of sp³-hybridized carbons (Fsp3) is 0.227. The topological polar surface area (TPSA) is 51.0 Å². The Hall–Kier alpha value is -2.86. The van der Waals surface area contributed by atoms with Crippen molar-refractivity contribution in [1.82, 2.24) is 0 Å². The number of allylic oxidation sites excluding steroid dienone is 7. The number of carbonyl (C=O) groups excluding carboxylic acids is 1. The van der Waals surface area contributed by atoms with Gasteiger partial charge in [0.1, 0.15) is 12.3 Å². The third-order valence-electron chi connectivity index (χ3n) is 4.74. The molecule has 1 aromatic carbocycles. The van der Waals surface area contributed by atoms with Crippen LogP contribution in [-0.4, -0.2) is 17.7 Å². The third-order valence-corrected chi connectivity index (χ3v) is 5.34. The van der Waals surface area contributed by atoms with Crippen molar-refractivity contribution in [2.45, 2.75) is 33.3 Å². The van der Waals surface area contributed by atoms with Gasteiger partial charge in [-0.2, -0.15) is 0 Å². The van der Waals surface area contributed by atoms with Crippen molar-refractivity contribution < 1.29 is 27.2 Å². The first-order valence-corrected chi connectivity index (χ1v) is 10.0. The SMILES string of the molecule is CCC=NC1=C(C)C(=O)C2=CC=CCC=C2/C1=N\OCc1c(F)c(F)c(F)c(F)c1P. The van der Waals surface area contributed by atoms with E-state index in [-0.39, 0.29) is 11.5 Å². The number of hydrogen-bond acceptors (Lipinski definition) is 4. The summed E-state index contributed by atoms with van der Waals surface area (Å²) >= 11 is 0. The van der Waals surface area contributed by atoms with Gasteiger partial charge in [0.05, 0.1) is 5.70 Å². The van der Waals surface area contributed by atoms with E-state index in [1.165, 1.54) is 0 Å². The number of rotatable bonds is 5. The van der Waals surface area contributed by atoms with Crippen molar-refractivity contribution in [1.29, 1.82) is 0 Å². The lowest BCUT2D eigenvalue weighted by molar-refractivity contribution is -0.112. The Morgan fingerprint density at radius 1 is 1.13 bits per heavy atom. The predicted molar refractivity (Wildman–Crippen MR) is 114 cm³/mol. The van der Waals surface area contributed by atoms with E-state index in [1.54, 1.807) is 31.4 Å². The first-order chi connectivity index (χ1) is 14.8. The molecule has 2 aliphatic carbocycles. The molecule has 0 N–H and O–H groups in total. The van der Waals surface area contributed by atoms with Crippen molar-refractivity contribution >= 4 is 32.3 Å². The largest absolute Gasteiger partial charge is 0.390 e. The molecule has 0 radical (unpaired) electrons. The molecule has 0 aliphatic heterocycles. The number of Topliss-reactive ketones (excluding diaryl/α,β-unsaturated/α-hetero) is 1. The van der Waals surface area contributed by atoms with Crippen LogP contribution in [0.4, 0.5) is 17.6 Å². The van der Waals surface area contributed by atoms with Crippen LogP contribution in [0.25, 0.3) is 0 Å². The van der Waals surface area contributed by atoms with Crippen molar-refractivity contribution in [3.8, 4) is 0 Å². The van der Waals surface area contributed by atoms with Crippen LogP contribution in [-0.2, 0) is 16.2 Å². The molecule has 3 rings (SSSR count). The summed E-state index contributed by atoms with van der Waals surface area (Å²) in [5.41, 5.74) is 1.25. The molecule has 162 valence electrons. The molecule has 0 fully saturated rings. The van der Waals surface area contributed by atoms with E-state index in [0.717, 1.165) is 0 Å². The molecule has 0 heterocycles. The summed E-state index contributed by atoms with van der Waals surface area (Å²) in [6.07, 6.45) is 9.80. The molecule has 1 aromatic rings. The minimum absolute atomic E-state index is 0.207. The van der Waals surface area contributed by atoms with Crippen LogP contribution in [0, 0.1) is 23.3 Å². The van der Waals surface area contributed by atoms with Gasteiger partial charge in [0.15, 0.2) is 29.1 Å². The predicted octanol–water partition coefficient (Wildman–Crippen LogP) is 4.77. The van der Waals surface area contributed by atoms with Gasteiger partial charge in [-0.05, 0) is 19.8 Å². The summed E-state index contributed by atoms with van der Waals surface area (Å²) in [6, 6.07) is 0. The van der Waals surface area contributed by atoms with E-state index in [9.17, 15) is 22.4 Å². The minimum atomic E-state index is -1.93. The highest BCUT2D eigenvalue weighted by Crippen LogP contribution is 2.32. The van der Waals surface area contributed by atoms with E-state index in [2.05, 4.69) is 10.1 Å². The Bertz CT molecular complexity index is 1100. The molecule has 0 spiro atoms. The molecule has 2 aliphatic rings. The lowest BCUT2D eigenvalue weighted by atomic mass is 9.85. The number of oxime groups is 1. The highest BCUT2D eigenvalue weighted by Gasteiger charge is 2.32. The van der Waals surface area contributed by atoms with Crippen molar-refractivity contribution in [2.75, 3.05) is 0 Å². The second-order valence-electron chi connectivity index (χ2n) is 6.75. The van der Waals surface area contributed by atoms with Crippen LogP contribution in [0.15, 0.2) is 56.9 Å². The van der Waals surface area contributed by atoms with Gasteiger partial charge < -0.3 is 4.84 Å². The highest BCUT2D eigenvalue weighted by atomic mass is 31.0. The molecule has 0 saturated heterocycles. The smallest absolute Gasteiger partial charge is 0.198 e. The molecule has 0 amide bonds. The average molecular weight is 450 g/mol. The zero-order valence-electron chi connectivity index (χ0n) is 16.8. The van der Waals surface area contributed by atoms with Gasteiger partial charge in [-0.15, -0.1) is 9.24 Å². The summed E-state index contributed by atoms with van der Waals surface area (Å²) in [6.45, 7) is 2.82. The molecule has 9 heteroatoms. The molecule has 0 saturated carbocycles. The van der Waals surface area contributed by atoms with E-state index in [1.807, 2.05) is 22.2 Å². The highest BCUT2D eigenvalue weighted by molar-refractivity contribution is 7.27. The number of carbonyl (C=O) groups is 1. The van der Waals surface area contributed by atoms with Crippen LogP contribution in [0.2, 0.25) is 0 Å². The second kappa shape index (κ2) is 9.52. The van der Waals surface area contributed by atoms with Crippen LogP contribution in [0.3, 0.4) is 0 Å². The van der Waals surface area contributed by atoms with Gasteiger partial charge in [-0.1, -0.05) is 36.4 Å². The number of fused-ring (bicyclic) bond motifs is 1. The molecule has 31 heavy (non-hydrogen) atoms. The monoisotopic (exact) mass is 450 g/mol. The number of halogens is 4. The van der Waals surface area contributed by atoms with E-state index in [0.29, 0.717) is 35.3 Å². The average Bonchev–Trinajstić information content (AvgIpc) is 3.02. The number of ketones is 1. The van der Waals surface area contributed by atoms with E-state index >= 15 is 0 Å². The molecule has 1 unspecified atom stereocenters. The summed E-state index contributed by atoms with van der Waals surface area (Å²) in [5, 5.41) is 3.53. The molecule has 1 atom stereocenters. The van der Waals surface area contributed by atoms with Crippen molar-refractivity contribution in [3.63, 3.8) is 0 Å². The Kier molecular flexibility index (Phi) is 7.01. The van der Waals surface area contributed by atoms with Gasteiger partial charge >= 0.3 is 0 Å². The van der Waals surface area contributed by atoms with Crippen LogP contribution >= 0.6 is 9.24 Å². The number of nitrogens with zero attached hydrogens (tertiary/aromatic N) is 2. The number of hydrogen-bond donors (Lipinski definition) is 0. The maximum absolute atomic E-state index is 14.1. The van der Waals surface area contributed by atoms with Crippen molar-refractivity contribution in [2.24, 2.45) is 10.1 Å². The van der Waals surface area contributed by atoms with Crippen LogP contribution in [0.5, 0.6) is 0 Å². The molecule has 4 nitrogen and oxygen atoms in total. The van der Waals surface area contributed by atoms with Crippen LogP contribution in [0.1, 0.15) is 32.3 Å². The summed E-state index contributed by atoms with van der Waals surface area (Å²) < 4.78 is 54.9. The molecular weight excluding hydrogens is 431 g/mol. The maximum atomic E-state index is 14.1. The number of benzene rings is 1. The molecule has 0 bridgehead atoms. The maximum Gasteiger partial charge on any atom is 0.198 e. The number of aliphatic imine (C=N–C) groups is 1. The van der Waals surface area contributed by atoms with Gasteiger partial charge in [-0.25, -0.2) is 17.6 Å². The summed E-state index contributed by atoms with van der Waals surface area (Å²) in [7, 11) is 1.83. The first-order valence-electron chi connectivity index (χ1n) is 9.45. The van der Waals surface area contributed by atoms with Crippen LogP contribution < -0.4 is 5.30 Å². The zero-order valence-corrected chi connectivity index (χ0v) is 18.0. The Labute approximate surface area is 179 Å². The van der Waals surface area contributed by atoms with Gasteiger partial charge in [0, 0.05) is 33.8 Å². The molecule has 0 aromatic heterocycles. The second-order valence-corrected chi connectivity index (χ2v) is 7.32. The Morgan fingerprint density at radius 2 is 1.84 bits per heavy atom. The van der Waals surface area contributed by atoms with Gasteiger partial charge in [0.2, 0.25) is 0 Å². The zero-order chi connectivity index (χ0) is 22.7. The third kappa shape index (κ3) is 4.30. The van der Waals surface area contributed by atoms with E-state index < -0.39 is 40.7 Å². The first kappa shape index (κ1) is 22.8. The van der Waals surface area contributed by atoms with Gasteiger partial charge in [0.25, 0.3) is 0 Å². The lowest BCUT2D eigenvalue weighted by Gasteiger charge is -2.21. The fourth-order valence-corrected chi connectivity index (χ4v) is 3.43. The quantitative estimate of drug-likeness (QED) is 0.162. The Morgan fingerprint density at radius 3 is 2.55 bits per heavy atom. The Balaban J connectivity index is 2.04. The summed E-state index contributed by atoms with van der Waals surface area (Å²) in [4.78, 5) is 22.3. The minimum Gasteiger partial charge on any atom is -0.390 e. The summed E-state index contributed by atoms with van der Waals surface area (Å²) in [5.74, 6) is -7.11. The van der Waals surface area contributed by atoms with E-state index in [4.69, 9.17) is 4.84 Å². The molecular formula is C22H19F4N2O2P. The lowest BCUT2D eigenvalue weighted by Crippen LogP contribution is -2.24. The normalized spacial score (nSPS) is 17.8. The van der Waals surface area contributed by atoms with Crippen molar-refractivity contribution in [3.05, 3.63) is 75.6 Å². The fourth-order valence-electron chi connectivity index (χ4n) is 3.09. The van der Waals surface area contributed by atoms with Gasteiger partial charge in [-0.3, -0.25) is 9.79 Å². The standard InChI is InChI=1S/C22H19F4N2O2P/c1-3-9-27-19-11(2)21(29)13-8-6-4-5-7-12(13)20(19)28-30-10-14-15(23)16(24)17(25)18(26)22(14)31/h4,6-9H,3,5,10,31H2,1-2H3/b27-9?,28-20+.